The van der Waals surface area contributed by atoms with Gasteiger partial charge in [-0.2, -0.15) is 0 Å². The van der Waals surface area contributed by atoms with Crippen LogP contribution in [0.15, 0.2) is 36.7 Å². The van der Waals surface area contributed by atoms with Crippen LogP contribution in [-0.4, -0.2) is 34.9 Å². The lowest BCUT2D eigenvalue weighted by Crippen LogP contribution is -2.42. The van der Waals surface area contributed by atoms with Gasteiger partial charge in [-0.1, -0.05) is 12.1 Å². The number of likely N-dealkylation sites (tertiary alicyclic amines) is 1. The van der Waals surface area contributed by atoms with Gasteiger partial charge in [0.2, 0.25) is 0 Å². The minimum Gasteiger partial charge on any atom is -0.366 e. The molecule has 0 radical (unpaired) electrons. The largest absolute Gasteiger partial charge is 0.366 e. The molecule has 1 saturated heterocycles. The quantitative estimate of drug-likeness (QED) is 0.889. The van der Waals surface area contributed by atoms with Crippen LogP contribution in [0.25, 0.3) is 11.1 Å². The molecule has 3 rings (SSSR count). The molecule has 2 heterocycles. The molecule has 4 nitrogen and oxygen atoms in total. The highest BCUT2D eigenvalue weighted by Crippen LogP contribution is 2.27. The summed E-state index contributed by atoms with van der Waals surface area (Å²) in [5.74, 6) is 0.227. The molecular weight excluding hydrogens is 329 g/mol. The number of carbonyl (C=O) groups is 1. The van der Waals surface area contributed by atoms with Gasteiger partial charge < -0.3 is 15.6 Å². The van der Waals surface area contributed by atoms with Gasteiger partial charge in [0.15, 0.2) is 0 Å². The highest BCUT2D eigenvalue weighted by molar-refractivity contribution is 6.00. The number of nitrogens with one attached hydrogen (secondary N) is 1. The van der Waals surface area contributed by atoms with Crippen molar-refractivity contribution in [2.45, 2.75) is 25.8 Å². The van der Waals surface area contributed by atoms with Gasteiger partial charge in [0.05, 0.1) is 5.56 Å². The fraction of sp³-hybridized carbons (Fsp3) is 0.389. The third-order valence-electron chi connectivity index (χ3n) is 4.70. The van der Waals surface area contributed by atoms with Crippen molar-refractivity contribution in [3.63, 3.8) is 0 Å². The van der Waals surface area contributed by atoms with Crippen molar-refractivity contribution in [3.05, 3.63) is 48.0 Å². The first-order valence-corrected chi connectivity index (χ1v) is 8.04. The number of amides is 1. The van der Waals surface area contributed by atoms with Crippen LogP contribution < -0.4 is 5.73 Å². The van der Waals surface area contributed by atoms with Gasteiger partial charge in [0.25, 0.3) is 5.91 Å². The molecule has 3 N–H and O–H groups in total. The second kappa shape index (κ2) is 7.81. The maximum absolute atomic E-state index is 13.1. The van der Waals surface area contributed by atoms with Crippen LogP contribution in [0.2, 0.25) is 0 Å². The number of nitrogens with zero attached hydrogens (tertiary/aromatic N) is 1. The highest BCUT2D eigenvalue weighted by Gasteiger charge is 2.27. The number of hydrogen-bond acceptors (Lipinski definition) is 2. The number of benzene rings is 1. The number of hydrogen-bond donors (Lipinski definition) is 2. The Kier molecular flexibility index (Phi) is 6.02. The van der Waals surface area contributed by atoms with E-state index in [1.807, 2.05) is 11.8 Å². The van der Waals surface area contributed by atoms with Crippen molar-refractivity contribution in [1.29, 1.82) is 0 Å². The Hall–Kier alpha value is -1.85. The van der Waals surface area contributed by atoms with Crippen LogP contribution in [0.5, 0.6) is 0 Å². The van der Waals surface area contributed by atoms with E-state index in [-0.39, 0.29) is 30.2 Å². The summed E-state index contributed by atoms with van der Waals surface area (Å²) in [6, 6.07) is 6.37. The van der Waals surface area contributed by atoms with Crippen molar-refractivity contribution >= 4 is 18.3 Å². The Morgan fingerprint density at radius 2 is 1.88 bits per heavy atom. The molecule has 6 heteroatoms. The Labute approximate surface area is 147 Å². The summed E-state index contributed by atoms with van der Waals surface area (Å²) < 4.78 is 13.1. The third kappa shape index (κ3) is 3.79. The van der Waals surface area contributed by atoms with E-state index in [0.717, 1.165) is 37.1 Å². The van der Waals surface area contributed by atoms with E-state index in [1.165, 1.54) is 12.1 Å². The van der Waals surface area contributed by atoms with Crippen molar-refractivity contribution in [2.75, 3.05) is 13.1 Å². The van der Waals surface area contributed by atoms with Crippen molar-refractivity contribution < 1.29 is 9.18 Å². The number of piperidine rings is 1. The van der Waals surface area contributed by atoms with Crippen LogP contribution in [-0.2, 0) is 0 Å². The zero-order valence-corrected chi connectivity index (χ0v) is 14.5. The number of rotatable bonds is 3. The van der Waals surface area contributed by atoms with E-state index in [2.05, 4.69) is 4.98 Å². The molecule has 1 amide bonds. The van der Waals surface area contributed by atoms with Gasteiger partial charge in [0, 0.05) is 37.1 Å². The van der Waals surface area contributed by atoms with Gasteiger partial charge in [-0.25, -0.2) is 4.39 Å². The molecule has 1 aromatic carbocycles. The van der Waals surface area contributed by atoms with E-state index in [1.54, 1.807) is 24.5 Å². The molecule has 1 fully saturated rings. The van der Waals surface area contributed by atoms with Gasteiger partial charge in [-0.3, -0.25) is 4.79 Å². The summed E-state index contributed by atoms with van der Waals surface area (Å²) in [6.07, 6.45) is 5.40. The van der Waals surface area contributed by atoms with Crippen molar-refractivity contribution in [2.24, 2.45) is 11.7 Å². The Morgan fingerprint density at radius 1 is 1.25 bits per heavy atom. The first-order valence-electron chi connectivity index (χ1n) is 8.04. The summed E-state index contributed by atoms with van der Waals surface area (Å²) in [5.41, 5.74) is 8.24. The SMILES string of the molecule is CC(N)C1CCN(C(=O)c2c[nH]cc2-c2ccc(F)cc2)CC1.Cl. The molecule has 130 valence electrons. The number of H-pyrrole nitrogens is 1. The average Bonchev–Trinajstić information content (AvgIpc) is 3.04. The lowest BCUT2D eigenvalue weighted by molar-refractivity contribution is 0.0682. The van der Waals surface area contributed by atoms with Gasteiger partial charge in [-0.15, -0.1) is 12.4 Å². The molecule has 0 saturated carbocycles. The van der Waals surface area contributed by atoms with Crippen LogP contribution in [0, 0.1) is 11.7 Å². The molecule has 1 aliphatic heterocycles. The fourth-order valence-electron chi connectivity index (χ4n) is 3.21. The number of nitrogens with two attached hydrogens (primary N) is 1. The molecular formula is C18H23ClFN3O. The van der Waals surface area contributed by atoms with Crippen molar-refractivity contribution in [3.8, 4) is 11.1 Å². The van der Waals surface area contributed by atoms with Gasteiger partial charge in [0.1, 0.15) is 5.82 Å². The smallest absolute Gasteiger partial charge is 0.256 e. The summed E-state index contributed by atoms with van der Waals surface area (Å²) in [7, 11) is 0. The number of carbonyl (C=O) groups excluding carboxylic acids is 1. The normalized spacial score (nSPS) is 16.5. The molecule has 0 aliphatic carbocycles. The van der Waals surface area contributed by atoms with Gasteiger partial charge in [-0.05, 0) is 43.4 Å². The van der Waals surface area contributed by atoms with Crippen molar-refractivity contribution in [1.82, 2.24) is 9.88 Å². The predicted octanol–water partition coefficient (Wildman–Crippen LogP) is 3.44. The number of aromatic nitrogens is 1. The number of aromatic amines is 1. The molecule has 1 aliphatic rings. The van der Waals surface area contributed by atoms with E-state index >= 15 is 0 Å². The second-order valence-electron chi connectivity index (χ2n) is 6.28. The lowest BCUT2D eigenvalue weighted by Gasteiger charge is -2.33. The maximum atomic E-state index is 13.1. The molecule has 1 unspecified atom stereocenters. The van der Waals surface area contributed by atoms with E-state index < -0.39 is 0 Å². The summed E-state index contributed by atoms with van der Waals surface area (Å²) in [5, 5.41) is 0. The van der Waals surface area contributed by atoms with Crippen LogP contribution >= 0.6 is 12.4 Å². The Balaban J connectivity index is 0.00000208. The second-order valence-corrected chi connectivity index (χ2v) is 6.28. The molecule has 24 heavy (non-hydrogen) atoms. The summed E-state index contributed by atoms with van der Waals surface area (Å²) in [6.45, 7) is 3.50. The Bertz CT molecular complexity index is 676. The topological polar surface area (TPSA) is 62.1 Å². The standard InChI is InChI=1S/C18H22FN3O.ClH/c1-12(20)13-6-8-22(9-7-13)18(23)17-11-21-10-16(17)14-2-4-15(19)5-3-14;/h2-5,10-13,21H,6-9,20H2,1H3;1H. The lowest BCUT2D eigenvalue weighted by atomic mass is 9.90. The summed E-state index contributed by atoms with van der Waals surface area (Å²) in [4.78, 5) is 17.7. The minimum atomic E-state index is -0.282. The molecule has 0 spiro atoms. The van der Waals surface area contributed by atoms with Crippen LogP contribution in [0.4, 0.5) is 4.39 Å². The average molecular weight is 352 g/mol. The molecule has 1 aromatic heterocycles. The molecule has 2 aromatic rings. The van der Waals surface area contributed by atoms with E-state index in [4.69, 9.17) is 5.73 Å². The minimum absolute atomic E-state index is 0. The molecule has 1 atom stereocenters. The van der Waals surface area contributed by atoms with Crippen LogP contribution in [0.1, 0.15) is 30.1 Å². The van der Waals surface area contributed by atoms with Crippen LogP contribution in [0.3, 0.4) is 0 Å². The fourth-order valence-corrected chi connectivity index (χ4v) is 3.21. The predicted molar refractivity (Wildman–Crippen MR) is 95.7 cm³/mol. The third-order valence-corrected chi connectivity index (χ3v) is 4.70. The number of halogens is 2. The van der Waals surface area contributed by atoms with E-state index in [0.29, 0.717) is 11.5 Å². The monoisotopic (exact) mass is 351 g/mol. The zero-order chi connectivity index (χ0) is 16.4. The maximum Gasteiger partial charge on any atom is 0.256 e. The first-order chi connectivity index (χ1) is 11.1. The highest BCUT2D eigenvalue weighted by atomic mass is 35.5. The zero-order valence-electron chi connectivity index (χ0n) is 13.7. The van der Waals surface area contributed by atoms with E-state index in [9.17, 15) is 9.18 Å². The Morgan fingerprint density at radius 3 is 2.46 bits per heavy atom. The molecule has 0 bridgehead atoms. The summed E-state index contributed by atoms with van der Waals surface area (Å²) >= 11 is 0. The first kappa shape index (κ1) is 18.5. The van der Waals surface area contributed by atoms with Gasteiger partial charge >= 0.3 is 0 Å².